The van der Waals surface area contributed by atoms with Gasteiger partial charge in [-0.05, 0) is 33.6 Å². The van der Waals surface area contributed by atoms with Gasteiger partial charge in [-0.3, -0.25) is 0 Å². The lowest BCUT2D eigenvalue weighted by molar-refractivity contribution is -0.153. The summed E-state index contributed by atoms with van der Waals surface area (Å²) in [6.45, 7) is 6.38. The van der Waals surface area contributed by atoms with E-state index in [2.05, 4.69) is 10.6 Å². The van der Waals surface area contributed by atoms with Crippen LogP contribution in [0.3, 0.4) is 0 Å². The predicted molar refractivity (Wildman–Crippen MR) is 74.9 cm³/mol. The van der Waals surface area contributed by atoms with Crippen molar-refractivity contribution in [1.29, 1.82) is 0 Å². The summed E-state index contributed by atoms with van der Waals surface area (Å²) in [4.78, 5) is 24.3. The van der Waals surface area contributed by atoms with Crippen molar-refractivity contribution in [2.24, 2.45) is 0 Å². The van der Waals surface area contributed by atoms with Gasteiger partial charge in [0.25, 0.3) is 0 Å². The van der Waals surface area contributed by atoms with Crippen LogP contribution in [0.2, 0.25) is 0 Å². The minimum absolute atomic E-state index is 0.0199. The molecule has 2 unspecified atom stereocenters. The highest BCUT2D eigenvalue weighted by Gasteiger charge is 2.50. The molecule has 2 fully saturated rings. The van der Waals surface area contributed by atoms with Gasteiger partial charge in [-0.1, -0.05) is 0 Å². The SMILES string of the molecule is COC(=O)C1(NC(=O)OC(C)(C)C)CC2COCC(C1)N2. The first-order valence-electron chi connectivity index (χ1n) is 7.17. The molecule has 0 radical (unpaired) electrons. The zero-order valence-corrected chi connectivity index (χ0v) is 13.0. The van der Waals surface area contributed by atoms with E-state index >= 15 is 0 Å². The van der Waals surface area contributed by atoms with Crippen LogP contribution in [0, 0.1) is 0 Å². The quantitative estimate of drug-likeness (QED) is 0.725. The fourth-order valence-corrected chi connectivity index (χ4v) is 2.96. The second-order valence-corrected chi connectivity index (χ2v) is 6.71. The van der Waals surface area contributed by atoms with Crippen molar-refractivity contribution in [3.05, 3.63) is 0 Å². The number of fused-ring (bicyclic) bond motifs is 2. The average molecular weight is 300 g/mol. The second kappa shape index (κ2) is 5.81. The number of morpholine rings is 1. The van der Waals surface area contributed by atoms with Crippen molar-refractivity contribution in [2.45, 2.75) is 56.8 Å². The number of piperidine rings is 1. The lowest BCUT2D eigenvalue weighted by Gasteiger charge is -2.46. The van der Waals surface area contributed by atoms with Crippen LogP contribution in [-0.2, 0) is 19.0 Å². The lowest BCUT2D eigenvalue weighted by atomic mass is 9.80. The van der Waals surface area contributed by atoms with Crippen LogP contribution < -0.4 is 10.6 Å². The molecule has 2 saturated heterocycles. The minimum Gasteiger partial charge on any atom is -0.467 e. The third-order valence-electron chi connectivity index (χ3n) is 3.62. The molecule has 2 atom stereocenters. The van der Waals surface area contributed by atoms with E-state index in [1.165, 1.54) is 7.11 Å². The summed E-state index contributed by atoms with van der Waals surface area (Å²) in [5.41, 5.74) is -1.67. The Morgan fingerprint density at radius 3 is 2.29 bits per heavy atom. The van der Waals surface area contributed by atoms with Crippen molar-refractivity contribution < 1.29 is 23.8 Å². The molecule has 0 aliphatic carbocycles. The highest BCUT2D eigenvalue weighted by molar-refractivity contribution is 5.86. The Morgan fingerprint density at radius 2 is 1.81 bits per heavy atom. The monoisotopic (exact) mass is 300 g/mol. The highest BCUT2D eigenvalue weighted by atomic mass is 16.6. The first kappa shape index (κ1) is 16.0. The van der Waals surface area contributed by atoms with Gasteiger partial charge in [0.05, 0.1) is 20.3 Å². The van der Waals surface area contributed by atoms with Crippen LogP contribution in [-0.4, -0.2) is 55.6 Å². The number of amides is 1. The summed E-state index contributed by atoms with van der Waals surface area (Å²) in [5, 5.41) is 6.12. The largest absolute Gasteiger partial charge is 0.467 e. The van der Waals surface area contributed by atoms with E-state index in [0.717, 1.165) is 0 Å². The predicted octanol–water partition coefficient (Wildman–Crippen LogP) is 0.574. The van der Waals surface area contributed by atoms with Gasteiger partial charge in [0.1, 0.15) is 11.1 Å². The number of rotatable bonds is 2. The van der Waals surface area contributed by atoms with Gasteiger partial charge in [-0.15, -0.1) is 0 Å². The molecule has 1 amide bonds. The number of hydrogen-bond acceptors (Lipinski definition) is 6. The number of methoxy groups -OCH3 is 1. The maximum absolute atomic E-state index is 12.3. The van der Waals surface area contributed by atoms with E-state index in [1.54, 1.807) is 20.8 Å². The number of esters is 1. The molecule has 0 aromatic rings. The van der Waals surface area contributed by atoms with Crippen molar-refractivity contribution >= 4 is 12.1 Å². The lowest BCUT2D eigenvalue weighted by Crippen LogP contribution is -2.68. The van der Waals surface area contributed by atoms with Crippen LogP contribution in [0.4, 0.5) is 4.79 Å². The van der Waals surface area contributed by atoms with E-state index in [9.17, 15) is 9.59 Å². The normalized spacial score (nSPS) is 32.2. The molecule has 7 nitrogen and oxygen atoms in total. The van der Waals surface area contributed by atoms with Crippen molar-refractivity contribution in [3.8, 4) is 0 Å². The average Bonchev–Trinajstić information content (AvgIpc) is 2.34. The Labute approximate surface area is 124 Å². The van der Waals surface area contributed by atoms with Gasteiger partial charge in [0.2, 0.25) is 0 Å². The van der Waals surface area contributed by atoms with E-state index in [4.69, 9.17) is 14.2 Å². The van der Waals surface area contributed by atoms with Crippen molar-refractivity contribution in [3.63, 3.8) is 0 Å². The summed E-state index contributed by atoms with van der Waals surface area (Å²) < 4.78 is 15.7. The zero-order chi connectivity index (χ0) is 15.7. The number of carbonyl (C=O) groups excluding carboxylic acids is 2. The van der Waals surface area contributed by atoms with Gasteiger partial charge in [0, 0.05) is 12.1 Å². The summed E-state index contributed by atoms with van der Waals surface area (Å²) in [6.07, 6.45) is 0.249. The van der Waals surface area contributed by atoms with Crippen LogP contribution in [0.15, 0.2) is 0 Å². The molecule has 0 spiro atoms. The summed E-state index contributed by atoms with van der Waals surface area (Å²) >= 11 is 0. The van der Waals surface area contributed by atoms with Gasteiger partial charge >= 0.3 is 12.1 Å². The number of ether oxygens (including phenoxy) is 3. The maximum Gasteiger partial charge on any atom is 0.408 e. The van der Waals surface area contributed by atoms with E-state index in [-0.39, 0.29) is 12.1 Å². The van der Waals surface area contributed by atoms with Crippen LogP contribution in [0.5, 0.6) is 0 Å². The molecule has 2 aliphatic heterocycles. The molecule has 120 valence electrons. The highest BCUT2D eigenvalue weighted by Crippen LogP contribution is 2.29. The Kier molecular flexibility index (Phi) is 4.43. The molecule has 0 aromatic heterocycles. The van der Waals surface area contributed by atoms with Crippen LogP contribution >= 0.6 is 0 Å². The van der Waals surface area contributed by atoms with Crippen LogP contribution in [0.1, 0.15) is 33.6 Å². The third kappa shape index (κ3) is 3.85. The molecular weight excluding hydrogens is 276 g/mol. The fraction of sp³-hybridized carbons (Fsp3) is 0.857. The molecule has 2 rings (SSSR count). The van der Waals surface area contributed by atoms with E-state index in [1.807, 2.05) is 0 Å². The standard InChI is InChI=1S/C14H24N2O5/c1-13(2,3)21-12(18)16-14(11(17)19-4)5-9-7-20-8-10(6-14)15-9/h9-10,15H,5-8H2,1-4H3,(H,16,18). The summed E-state index contributed by atoms with van der Waals surface area (Å²) in [6, 6.07) is 0.0399. The van der Waals surface area contributed by atoms with Crippen molar-refractivity contribution in [1.82, 2.24) is 10.6 Å². The van der Waals surface area contributed by atoms with Gasteiger partial charge < -0.3 is 24.8 Å². The Morgan fingerprint density at radius 1 is 1.24 bits per heavy atom. The number of alkyl carbamates (subject to hydrolysis) is 1. The molecular formula is C14H24N2O5. The smallest absolute Gasteiger partial charge is 0.408 e. The zero-order valence-electron chi connectivity index (χ0n) is 13.0. The molecule has 2 heterocycles. The molecule has 0 aromatic carbocycles. The molecule has 7 heteroatoms. The molecule has 2 N–H and O–H groups in total. The Hall–Kier alpha value is -1.34. The van der Waals surface area contributed by atoms with Crippen LogP contribution in [0.25, 0.3) is 0 Å². The number of nitrogens with one attached hydrogen (secondary N) is 2. The molecule has 2 bridgehead atoms. The minimum atomic E-state index is -1.05. The van der Waals surface area contributed by atoms with Crippen molar-refractivity contribution in [2.75, 3.05) is 20.3 Å². The fourth-order valence-electron chi connectivity index (χ4n) is 2.96. The molecule has 21 heavy (non-hydrogen) atoms. The first-order valence-corrected chi connectivity index (χ1v) is 7.17. The van der Waals surface area contributed by atoms with Gasteiger partial charge in [-0.25, -0.2) is 9.59 Å². The first-order chi connectivity index (χ1) is 9.74. The Balaban J connectivity index is 2.14. The van der Waals surface area contributed by atoms with Gasteiger partial charge in [-0.2, -0.15) is 0 Å². The van der Waals surface area contributed by atoms with E-state index < -0.39 is 23.2 Å². The third-order valence-corrected chi connectivity index (χ3v) is 3.62. The maximum atomic E-state index is 12.3. The van der Waals surface area contributed by atoms with Gasteiger partial charge in [0.15, 0.2) is 0 Å². The number of hydrogen-bond donors (Lipinski definition) is 2. The Bertz CT molecular complexity index is 406. The summed E-state index contributed by atoms with van der Waals surface area (Å²) in [5.74, 6) is -0.438. The number of carbonyl (C=O) groups is 2. The molecule has 2 aliphatic rings. The van der Waals surface area contributed by atoms with E-state index in [0.29, 0.717) is 26.1 Å². The summed E-state index contributed by atoms with van der Waals surface area (Å²) in [7, 11) is 1.33. The second-order valence-electron chi connectivity index (χ2n) is 6.71. The molecule has 0 saturated carbocycles. The topological polar surface area (TPSA) is 85.9 Å².